The number of rotatable bonds is 4. The summed E-state index contributed by atoms with van der Waals surface area (Å²) in [6, 6.07) is 9.91. The zero-order valence-electron chi connectivity index (χ0n) is 12.1. The van der Waals surface area contributed by atoms with Gasteiger partial charge in [0.15, 0.2) is 5.78 Å². The summed E-state index contributed by atoms with van der Waals surface area (Å²) in [6.45, 7) is 1.99. The van der Waals surface area contributed by atoms with Crippen LogP contribution in [0.1, 0.15) is 54.6 Å². The number of benzene rings is 1. The van der Waals surface area contributed by atoms with E-state index in [0.29, 0.717) is 6.42 Å². The Labute approximate surface area is 120 Å². The highest BCUT2D eigenvalue weighted by Gasteiger charge is 2.16. The molecule has 0 aliphatic heterocycles. The van der Waals surface area contributed by atoms with Crippen molar-refractivity contribution in [1.82, 2.24) is 4.98 Å². The minimum Gasteiger partial charge on any atom is -0.294 e. The molecule has 2 heteroatoms. The third-order valence-electron chi connectivity index (χ3n) is 4.40. The SMILES string of the molecule is Cc1ccc2cc(C(=O)CCC3CCCC3)ccc2n1. The van der Waals surface area contributed by atoms with E-state index >= 15 is 0 Å². The molecule has 0 amide bonds. The lowest BCUT2D eigenvalue weighted by atomic mass is 9.97. The van der Waals surface area contributed by atoms with Crippen LogP contribution >= 0.6 is 0 Å². The maximum atomic E-state index is 12.3. The Bertz CT molecular complexity index is 626. The third-order valence-corrected chi connectivity index (χ3v) is 4.40. The van der Waals surface area contributed by atoms with Crippen molar-refractivity contribution >= 4 is 16.7 Å². The molecule has 20 heavy (non-hydrogen) atoms. The van der Waals surface area contributed by atoms with Crippen LogP contribution < -0.4 is 0 Å². The number of aromatic nitrogens is 1. The molecule has 0 unspecified atom stereocenters. The van der Waals surface area contributed by atoms with Crippen molar-refractivity contribution < 1.29 is 4.79 Å². The fourth-order valence-electron chi connectivity index (χ4n) is 3.18. The summed E-state index contributed by atoms with van der Waals surface area (Å²) in [5.41, 5.74) is 2.82. The molecule has 1 aliphatic rings. The first-order valence-corrected chi connectivity index (χ1v) is 7.63. The summed E-state index contributed by atoms with van der Waals surface area (Å²) in [4.78, 5) is 16.8. The molecule has 104 valence electrons. The number of nitrogens with zero attached hydrogens (tertiary/aromatic N) is 1. The Morgan fingerprint density at radius 2 is 2.00 bits per heavy atom. The summed E-state index contributed by atoms with van der Waals surface area (Å²) in [6.07, 6.45) is 7.07. The molecule has 0 atom stereocenters. The normalized spacial score (nSPS) is 15.8. The lowest BCUT2D eigenvalue weighted by Gasteiger charge is -2.08. The minimum absolute atomic E-state index is 0.277. The average Bonchev–Trinajstić information content (AvgIpc) is 2.97. The van der Waals surface area contributed by atoms with E-state index in [1.54, 1.807) is 0 Å². The minimum atomic E-state index is 0.277. The highest BCUT2D eigenvalue weighted by Crippen LogP contribution is 2.29. The van der Waals surface area contributed by atoms with Gasteiger partial charge in [0, 0.05) is 23.1 Å². The van der Waals surface area contributed by atoms with E-state index in [1.807, 2.05) is 37.3 Å². The van der Waals surface area contributed by atoms with Gasteiger partial charge in [-0.15, -0.1) is 0 Å². The standard InChI is InChI=1S/C18H21NO/c1-13-6-8-15-12-16(9-10-17(15)19-13)18(20)11-7-14-4-2-3-5-14/h6,8-10,12,14H,2-5,7,11H2,1H3. The summed E-state index contributed by atoms with van der Waals surface area (Å²) < 4.78 is 0. The van der Waals surface area contributed by atoms with E-state index in [9.17, 15) is 4.79 Å². The number of carbonyl (C=O) groups is 1. The molecule has 1 aromatic carbocycles. The summed E-state index contributed by atoms with van der Waals surface area (Å²) in [5.74, 6) is 1.06. The van der Waals surface area contributed by atoms with Crippen molar-refractivity contribution in [3.05, 3.63) is 41.6 Å². The average molecular weight is 267 g/mol. The Morgan fingerprint density at radius 3 is 2.80 bits per heavy atom. The molecule has 0 N–H and O–H groups in total. The molecular formula is C18H21NO. The fraction of sp³-hybridized carbons (Fsp3) is 0.444. The number of carbonyl (C=O) groups excluding carboxylic acids is 1. The monoisotopic (exact) mass is 267 g/mol. The molecule has 0 radical (unpaired) electrons. The van der Waals surface area contributed by atoms with Crippen LogP contribution in [-0.2, 0) is 0 Å². The topological polar surface area (TPSA) is 30.0 Å². The van der Waals surface area contributed by atoms with Crippen molar-refractivity contribution in [2.24, 2.45) is 5.92 Å². The van der Waals surface area contributed by atoms with Crippen LogP contribution in [0.2, 0.25) is 0 Å². The van der Waals surface area contributed by atoms with Crippen LogP contribution in [0.15, 0.2) is 30.3 Å². The Hall–Kier alpha value is -1.70. The molecule has 2 aromatic rings. The number of ketones is 1. The van der Waals surface area contributed by atoms with E-state index in [2.05, 4.69) is 4.98 Å². The van der Waals surface area contributed by atoms with Crippen molar-refractivity contribution in [1.29, 1.82) is 0 Å². The summed E-state index contributed by atoms with van der Waals surface area (Å²) >= 11 is 0. The first-order chi connectivity index (χ1) is 9.72. The number of fused-ring (bicyclic) bond motifs is 1. The van der Waals surface area contributed by atoms with Gasteiger partial charge in [-0.2, -0.15) is 0 Å². The number of hydrogen-bond acceptors (Lipinski definition) is 2. The predicted molar refractivity (Wildman–Crippen MR) is 82.0 cm³/mol. The quantitative estimate of drug-likeness (QED) is 0.752. The van der Waals surface area contributed by atoms with E-state index < -0.39 is 0 Å². The molecular weight excluding hydrogens is 246 g/mol. The van der Waals surface area contributed by atoms with Gasteiger partial charge >= 0.3 is 0 Å². The van der Waals surface area contributed by atoms with Gasteiger partial charge in [0.05, 0.1) is 5.52 Å². The molecule has 0 saturated heterocycles. The molecule has 1 aliphatic carbocycles. The maximum Gasteiger partial charge on any atom is 0.162 e. The molecule has 0 spiro atoms. The molecule has 1 saturated carbocycles. The number of pyridine rings is 1. The van der Waals surface area contributed by atoms with Crippen LogP contribution in [0.4, 0.5) is 0 Å². The Kier molecular flexibility index (Phi) is 3.81. The van der Waals surface area contributed by atoms with Gasteiger partial charge in [0.25, 0.3) is 0 Å². The second kappa shape index (κ2) is 5.74. The van der Waals surface area contributed by atoms with Crippen molar-refractivity contribution in [2.45, 2.75) is 45.4 Å². The number of hydrogen-bond donors (Lipinski definition) is 0. The molecule has 1 heterocycles. The second-order valence-electron chi connectivity index (χ2n) is 5.97. The molecule has 3 rings (SSSR count). The molecule has 1 fully saturated rings. The number of Topliss-reactive ketones (excluding diaryl/α,β-unsaturated/α-hetero) is 1. The highest BCUT2D eigenvalue weighted by molar-refractivity contribution is 5.99. The van der Waals surface area contributed by atoms with Crippen molar-refractivity contribution in [3.8, 4) is 0 Å². The van der Waals surface area contributed by atoms with Crippen LogP contribution in [0.5, 0.6) is 0 Å². The third kappa shape index (κ3) is 2.90. The van der Waals surface area contributed by atoms with Crippen LogP contribution in [0, 0.1) is 12.8 Å². The summed E-state index contributed by atoms with van der Waals surface area (Å²) in [7, 11) is 0. The maximum absolute atomic E-state index is 12.3. The second-order valence-corrected chi connectivity index (χ2v) is 5.97. The Balaban J connectivity index is 1.72. The van der Waals surface area contributed by atoms with Gasteiger partial charge < -0.3 is 0 Å². The molecule has 1 aromatic heterocycles. The lowest BCUT2D eigenvalue weighted by molar-refractivity contribution is 0.0974. The molecule has 2 nitrogen and oxygen atoms in total. The van der Waals surface area contributed by atoms with Crippen LogP contribution in [0.25, 0.3) is 10.9 Å². The van der Waals surface area contributed by atoms with E-state index in [4.69, 9.17) is 0 Å². The smallest absolute Gasteiger partial charge is 0.162 e. The fourth-order valence-corrected chi connectivity index (χ4v) is 3.18. The van der Waals surface area contributed by atoms with Crippen LogP contribution in [-0.4, -0.2) is 10.8 Å². The first kappa shape index (κ1) is 13.3. The van der Waals surface area contributed by atoms with Crippen LogP contribution in [0.3, 0.4) is 0 Å². The van der Waals surface area contributed by atoms with Gasteiger partial charge in [0.1, 0.15) is 0 Å². The summed E-state index contributed by atoms with van der Waals surface area (Å²) in [5, 5.41) is 1.06. The van der Waals surface area contributed by atoms with Crippen molar-refractivity contribution in [3.63, 3.8) is 0 Å². The van der Waals surface area contributed by atoms with E-state index in [-0.39, 0.29) is 5.78 Å². The Morgan fingerprint density at radius 1 is 1.20 bits per heavy atom. The van der Waals surface area contributed by atoms with Gasteiger partial charge in [-0.25, -0.2) is 0 Å². The first-order valence-electron chi connectivity index (χ1n) is 7.63. The van der Waals surface area contributed by atoms with E-state index in [0.717, 1.165) is 34.5 Å². The molecule has 0 bridgehead atoms. The van der Waals surface area contributed by atoms with Gasteiger partial charge in [0.2, 0.25) is 0 Å². The number of aryl methyl sites for hydroxylation is 1. The zero-order valence-corrected chi connectivity index (χ0v) is 12.1. The van der Waals surface area contributed by atoms with E-state index in [1.165, 1.54) is 25.7 Å². The highest BCUT2D eigenvalue weighted by atomic mass is 16.1. The lowest BCUT2D eigenvalue weighted by Crippen LogP contribution is -2.03. The zero-order chi connectivity index (χ0) is 13.9. The largest absolute Gasteiger partial charge is 0.294 e. The van der Waals surface area contributed by atoms with Crippen molar-refractivity contribution in [2.75, 3.05) is 0 Å². The van der Waals surface area contributed by atoms with Gasteiger partial charge in [-0.3, -0.25) is 9.78 Å². The predicted octanol–water partition coefficient (Wildman–Crippen LogP) is 4.70. The van der Waals surface area contributed by atoms with Gasteiger partial charge in [-0.05, 0) is 43.5 Å². The van der Waals surface area contributed by atoms with Gasteiger partial charge in [-0.1, -0.05) is 31.7 Å².